The quantitative estimate of drug-likeness (QED) is 0.444. The van der Waals surface area contributed by atoms with Gasteiger partial charge in [-0.25, -0.2) is 9.37 Å². The molecule has 0 aliphatic rings. The van der Waals surface area contributed by atoms with Crippen molar-refractivity contribution >= 4 is 34.3 Å². The lowest BCUT2D eigenvalue weighted by atomic mass is 10.1. The molecule has 0 aliphatic heterocycles. The Labute approximate surface area is 148 Å². The highest BCUT2D eigenvalue weighted by Gasteiger charge is 2.15. The van der Waals surface area contributed by atoms with E-state index in [0.29, 0.717) is 0 Å². The number of hydrogen-bond acceptors (Lipinski definition) is 3. The van der Waals surface area contributed by atoms with Crippen LogP contribution in [0.3, 0.4) is 0 Å². The second-order valence-electron chi connectivity index (χ2n) is 5.69. The Morgan fingerprint density at radius 1 is 1.08 bits per heavy atom. The minimum absolute atomic E-state index is 0.310. The van der Waals surface area contributed by atoms with Gasteiger partial charge in [0.25, 0.3) is 0 Å². The van der Waals surface area contributed by atoms with E-state index in [1.165, 1.54) is 16.6 Å². The van der Waals surface area contributed by atoms with E-state index in [9.17, 15) is 4.39 Å². The van der Waals surface area contributed by atoms with E-state index in [2.05, 4.69) is 60.7 Å². The summed E-state index contributed by atoms with van der Waals surface area (Å²) in [5.74, 6) is -0.310. The Morgan fingerprint density at radius 2 is 1.88 bits per heavy atom. The van der Waals surface area contributed by atoms with Crippen molar-refractivity contribution < 1.29 is 4.39 Å². The average Bonchev–Trinajstić information content (AvgIpc) is 3.13. The van der Waals surface area contributed by atoms with Crippen molar-refractivity contribution in [1.29, 1.82) is 0 Å². The molecule has 0 unspecified atom stereocenters. The van der Waals surface area contributed by atoms with Gasteiger partial charge >= 0.3 is 0 Å². The van der Waals surface area contributed by atoms with E-state index < -0.39 is 0 Å². The minimum atomic E-state index is -0.310. The van der Waals surface area contributed by atoms with Crippen LogP contribution in [-0.4, -0.2) is 8.96 Å². The molecule has 0 aliphatic carbocycles. The van der Waals surface area contributed by atoms with Gasteiger partial charge in [-0.3, -0.25) is 3.97 Å². The van der Waals surface area contributed by atoms with Gasteiger partial charge in [-0.2, -0.15) is 0 Å². The molecule has 3 heterocycles. The lowest BCUT2D eigenvalue weighted by molar-refractivity contribution is 0.624. The molecule has 4 rings (SSSR count). The molecule has 0 spiro atoms. The predicted molar refractivity (Wildman–Crippen MR) is 100 cm³/mol. The molecule has 0 atom stereocenters. The SMILES string of the molecule is Cc1ccc(Sn2cc(-c3ccsc3C)c3cc(F)cnc32)cc1. The summed E-state index contributed by atoms with van der Waals surface area (Å²) >= 11 is 3.29. The number of hydrogen-bond donors (Lipinski definition) is 0. The Balaban J connectivity index is 1.87. The van der Waals surface area contributed by atoms with Crippen molar-refractivity contribution in [3.8, 4) is 11.1 Å². The Hall–Kier alpha value is -2.11. The monoisotopic (exact) mass is 354 g/mol. The zero-order chi connectivity index (χ0) is 16.7. The number of thiophene rings is 1. The third kappa shape index (κ3) is 2.74. The fourth-order valence-electron chi connectivity index (χ4n) is 2.72. The van der Waals surface area contributed by atoms with Gasteiger partial charge in [0.2, 0.25) is 0 Å². The Kier molecular flexibility index (Phi) is 3.90. The van der Waals surface area contributed by atoms with E-state index in [1.807, 2.05) is 3.97 Å². The van der Waals surface area contributed by atoms with Crippen molar-refractivity contribution in [2.45, 2.75) is 18.7 Å². The van der Waals surface area contributed by atoms with E-state index in [0.717, 1.165) is 27.1 Å². The fraction of sp³-hybridized carbons (Fsp3) is 0.105. The number of benzene rings is 1. The normalized spacial score (nSPS) is 11.3. The summed E-state index contributed by atoms with van der Waals surface area (Å²) in [4.78, 5) is 6.67. The first-order valence-electron chi connectivity index (χ1n) is 7.58. The zero-order valence-corrected chi connectivity index (χ0v) is 14.9. The minimum Gasteiger partial charge on any atom is -0.270 e. The van der Waals surface area contributed by atoms with Gasteiger partial charge in [0.05, 0.1) is 6.20 Å². The molecule has 0 amide bonds. The molecule has 1 aromatic carbocycles. The van der Waals surface area contributed by atoms with Crippen LogP contribution < -0.4 is 0 Å². The molecule has 0 saturated carbocycles. The predicted octanol–water partition coefficient (Wildman–Crippen LogP) is 6.08. The van der Waals surface area contributed by atoms with E-state index >= 15 is 0 Å². The summed E-state index contributed by atoms with van der Waals surface area (Å²) in [6.45, 7) is 4.16. The van der Waals surface area contributed by atoms with Crippen molar-refractivity contribution in [3.05, 3.63) is 70.4 Å². The maximum atomic E-state index is 13.8. The molecule has 3 aromatic heterocycles. The molecule has 24 heavy (non-hydrogen) atoms. The Bertz CT molecular complexity index is 1020. The van der Waals surface area contributed by atoms with E-state index in [-0.39, 0.29) is 5.82 Å². The van der Waals surface area contributed by atoms with Crippen LogP contribution in [0.15, 0.2) is 59.1 Å². The molecule has 120 valence electrons. The van der Waals surface area contributed by atoms with Gasteiger partial charge in [0.1, 0.15) is 5.82 Å². The summed E-state index contributed by atoms with van der Waals surface area (Å²) in [5, 5.41) is 2.91. The Morgan fingerprint density at radius 3 is 2.58 bits per heavy atom. The van der Waals surface area contributed by atoms with Crippen molar-refractivity contribution in [2.24, 2.45) is 0 Å². The van der Waals surface area contributed by atoms with Crippen molar-refractivity contribution in [1.82, 2.24) is 8.96 Å². The number of aromatic nitrogens is 2. The molecule has 5 heteroatoms. The first kappa shape index (κ1) is 15.4. The van der Waals surface area contributed by atoms with Crippen LogP contribution in [0.1, 0.15) is 10.4 Å². The van der Waals surface area contributed by atoms with E-state index in [1.54, 1.807) is 29.4 Å². The molecule has 2 nitrogen and oxygen atoms in total. The zero-order valence-electron chi connectivity index (χ0n) is 13.3. The largest absolute Gasteiger partial charge is 0.270 e. The van der Waals surface area contributed by atoms with Crippen LogP contribution in [0.2, 0.25) is 0 Å². The van der Waals surface area contributed by atoms with Crippen LogP contribution in [0, 0.1) is 19.7 Å². The van der Waals surface area contributed by atoms with Gasteiger partial charge in [-0.15, -0.1) is 11.3 Å². The molecular formula is C19H15FN2S2. The number of nitrogens with zero attached hydrogens (tertiary/aromatic N) is 2. The average molecular weight is 354 g/mol. The molecule has 0 saturated heterocycles. The molecule has 4 aromatic rings. The molecule has 0 fully saturated rings. The third-order valence-electron chi connectivity index (χ3n) is 3.95. The standard InChI is InChI=1S/C19H15FN2S2/c1-12-3-5-15(6-4-12)24-22-11-18(16-7-8-23-13(16)2)17-9-14(20)10-21-19(17)22/h3-11H,1-2H3. The number of fused-ring (bicyclic) bond motifs is 1. The fourth-order valence-corrected chi connectivity index (χ4v) is 4.30. The summed E-state index contributed by atoms with van der Waals surface area (Å²) in [6, 6.07) is 12.0. The van der Waals surface area contributed by atoms with Crippen LogP contribution in [0.5, 0.6) is 0 Å². The first-order valence-corrected chi connectivity index (χ1v) is 9.23. The lowest BCUT2D eigenvalue weighted by Gasteiger charge is -2.03. The topological polar surface area (TPSA) is 17.8 Å². The van der Waals surface area contributed by atoms with Gasteiger partial charge in [0.15, 0.2) is 5.65 Å². The highest BCUT2D eigenvalue weighted by atomic mass is 32.2. The van der Waals surface area contributed by atoms with Crippen LogP contribution in [0.25, 0.3) is 22.2 Å². The summed E-state index contributed by atoms with van der Waals surface area (Å²) in [5.41, 5.74) is 4.17. The van der Waals surface area contributed by atoms with Crippen LogP contribution >= 0.6 is 23.3 Å². The van der Waals surface area contributed by atoms with E-state index in [4.69, 9.17) is 0 Å². The maximum absolute atomic E-state index is 13.8. The molecule has 0 radical (unpaired) electrons. The number of rotatable bonds is 3. The van der Waals surface area contributed by atoms with Crippen molar-refractivity contribution in [2.75, 3.05) is 0 Å². The summed E-state index contributed by atoms with van der Waals surface area (Å²) < 4.78 is 15.8. The van der Waals surface area contributed by atoms with Crippen molar-refractivity contribution in [3.63, 3.8) is 0 Å². The smallest absolute Gasteiger partial charge is 0.151 e. The van der Waals surface area contributed by atoms with Gasteiger partial charge in [-0.05, 0) is 61.0 Å². The highest BCUT2D eigenvalue weighted by molar-refractivity contribution is 7.98. The molecule has 0 bridgehead atoms. The second kappa shape index (κ2) is 6.07. The highest BCUT2D eigenvalue weighted by Crippen LogP contribution is 2.37. The number of halogens is 1. The number of pyridine rings is 1. The third-order valence-corrected chi connectivity index (χ3v) is 5.76. The molecular weight excluding hydrogens is 339 g/mol. The lowest BCUT2D eigenvalue weighted by Crippen LogP contribution is -1.88. The second-order valence-corrected chi connectivity index (χ2v) is 7.86. The summed E-state index contributed by atoms with van der Waals surface area (Å²) in [7, 11) is 0. The number of aryl methyl sites for hydroxylation is 2. The molecule has 0 N–H and O–H groups in total. The van der Waals surface area contributed by atoms with Gasteiger partial charge in [-0.1, -0.05) is 17.7 Å². The maximum Gasteiger partial charge on any atom is 0.151 e. The van der Waals surface area contributed by atoms with Crippen LogP contribution in [0.4, 0.5) is 4.39 Å². The van der Waals surface area contributed by atoms with Gasteiger partial charge in [0, 0.05) is 26.9 Å². The summed E-state index contributed by atoms with van der Waals surface area (Å²) in [6.07, 6.45) is 3.33. The van der Waals surface area contributed by atoms with Gasteiger partial charge < -0.3 is 0 Å². The first-order chi connectivity index (χ1) is 11.6. The van der Waals surface area contributed by atoms with Crippen LogP contribution in [-0.2, 0) is 0 Å².